The second-order valence-electron chi connectivity index (χ2n) is 5.30. The summed E-state index contributed by atoms with van der Waals surface area (Å²) in [4.78, 5) is 13.4. The quantitative estimate of drug-likeness (QED) is 0.816. The van der Waals surface area contributed by atoms with E-state index < -0.39 is 0 Å². The Morgan fingerprint density at radius 2 is 1.62 bits per heavy atom. The Bertz CT molecular complexity index is 568. The summed E-state index contributed by atoms with van der Waals surface area (Å²) >= 11 is 0. The average molecular weight is 284 g/mol. The monoisotopic (exact) mass is 284 g/mol. The molecule has 0 aliphatic rings. The smallest absolute Gasteiger partial charge is 0.132 e. The number of nitrogens with zero attached hydrogens (tertiary/aromatic N) is 4. The van der Waals surface area contributed by atoms with E-state index in [1.807, 2.05) is 13.0 Å². The molecule has 0 saturated heterocycles. The fraction of sp³-hybridized carbons (Fsp3) is 0.412. The molecule has 0 aliphatic carbocycles. The van der Waals surface area contributed by atoms with E-state index >= 15 is 0 Å². The molecule has 0 unspecified atom stereocenters. The van der Waals surface area contributed by atoms with E-state index in [0.29, 0.717) is 0 Å². The van der Waals surface area contributed by atoms with Crippen LogP contribution in [0, 0.1) is 6.92 Å². The average Bonchev–Trinajstić information content (AvgIpc) is 2.52. The zero-order valence-electron chi connectivity index (χ0n) is 13.4. The van der Waals surface area contributed by atoms with E-state index in [0.717, 1.165) is 36.8 Å². The highest BCUT2D eigenvalue weighted by Gasteiger charge is 2.07. The fourth-order valence-corrected chi connectivity index (χ4v) is 2.21. The first kappa shape index (κ1) is 15.3. The van der Waals surface area contributed by atoms with Crippen molar-refractivity contribution in [1.29, 1.82) is 0 Å². The maximum Gasteiger partial charge on any atom is 0.132 e. The Hall–Kier alpha value is -2.10. The summed E-state index contributed by atoms with van der Waals surface area (Å²) in [5.41, 5.74) is 2.33. The van der Waals surface area contributed by atoms with E-state index in [1.165, 1.54) is 5.69 Å². The van der Waals surface area contributed by atoms with Crippen molar-refractivity contribution in [2.24, 2.45) is 0 Å². The van der Waals surface area contributed by atoms with Crippen LogP contribution in [0.2, 0.25) is 0 Å². The molecule has 2 rings (SSSR count). The Kier molecular flexibility index (Phi) is 5.14. The van der Waals surface area contributed by atoms with Gasteiger partial charge in [0.25, 0.3) is 0 Å². The Labute approximate surface area is 127 Å². The molecule has 0 bridgehead atoms. The first-order valence-electron chi connectivity index (χ1n) is 7.42. The second-order valence-corrected chi connectivity index (χ2v) is 5.30. The minimum atomic E-state index is 0.840. The number of benzene rings is 1. The van der Waals surface area contributed by atoms with Crippen molar-refractivity contribution in [1.82, 2.24) is 9.97 Å². The van der Waals surface area contributed by atoms with Crippen LogP contribution in [0.3, 0.4) is 0 Å². The van der Waals surface area contributed by atoms with Crippen molar-refractivity contribution in [3.05, 3.63) is 47.9 Å². The molecule has 0 spiro atoms. The van der Waals surface area contributed by atoms with Crippen molar-refractivity contribution in [3.8, 4) is 0 Å². The summed E-state index contributed by atoms with van der Waals surface area (Å²) in [6, 6.07) is 12.5. The molecule has 112 valence electrons. The van der Waals surface area contributed by atoms with Gasteiger partial charge in [-0.05, 0) is 25.5 Å². The molecule has 4 heteroatoms. The number of aromatic nitrogens is 2. The molecule has 21 heavy (non-hydrogen) atoms. The van der Waals surface area contributed by atoms with Crippen LogP contribution in [0.25, 0.3) is 0 Å². The number of rotatable bonds is 6. The Morgan fingerprint density at radius 1 is 0.952 bits per heavy atom. The van der Waals surface area contributed by atoms with Crippen LogP contribution >= 0.6 is 0 Å². The lowest BCUT2D eigenvalue weighted by Crippen LogP contribution is -2.31. The zero-order chi connectivity index (χ0) is 15.2. The van der Waals surface area contributed by atoms with Gasteiger partial charge in [-0.1, -0.05) is 25.1 Å². The highest BCUT2D eigenvalue weighted by atomic mass is 15.2. The molecule has 0 radical (unpaired) electrons. The maximum atomic E-state index is 4.53. The number of para-hydroxylation sites is 1. The van der Waals surface area contributed by atoms with Gasteiger partial charge in [-0.3, -0.25) is 0 Å². The minimum Gasteiger partial charge on any atom is -0.373 e. The SMILES string of the molecule is CCc1cc(N(C)CCN(C)c2ccccc2)nc(C)n1. The van der Waals surface area contributed by atoms with E-state index in [9.17, 15) is 0 Å². The lowest BCUT2D eigenvalue weighted by atomic mass is 10.3. The third-order valence-corrected chi connectivity index (χ3v) is 3.60. The molecule has 1 aromatic carbocycles. The van der Waals surface area contributed by atoms with Gasteiger partial charge < -0.3 is 9.80 Å². The van der Waals surface area contributed by atoms with Gasteiger partial charge in [-0.25, -0.2) is 9.97 Å². The normalized spacial score (nSPS) is 10.5. The van der Waals surface area contributed by atoms with E-state index in [1.54, 1.807) is 0 Å². The number of hydrogen-bond acceptors (Lipinski definition) is 4. The van der Waals surface area contributed by atoms with Crippen LogP contribution < -0.4 is 9.80 Å². The third-order valence-electron chi connectivity index (χ3n) is 3.60. The van der Waals surface area contributed by atoms with Crippen LogP contribution in [0.5, 0.6) is 0 Å². The molecule has 0 amide bonds. The van der Waals surface area contributed by atoms with Crippen LogP contribution in [0.1, 0.15) is 18.4 Å². The van der Waals surface area contributed by atoms with E-state index in [2.05, 4.69) is 71.1 Å². The van der Waals surface area contributed by atoms with Crippen molar-refractivity contribution < 1.29 is 0 Å². The molecule has 0 fully saturated rings. The lowest BCUT2D eigenvalue weighted by molar-refractivity contribution is 0.811. The van der Waals surface area contributed by atoms with Crippen molar-refractivity contribution in [3.63, 3.8) is 0 Å². The van der Waals surface area contributed by atoms with Gasteiger partial charge in [0.15, 0.2) is 0 Å². The molecule has 0 atom stereocenters. The van der Waals surface area contributed by atoms with E-state index in [4.69, 9.17) is 0 Å². The van der Waals surface area contributed by atoms with Gasteiger partial charge in [-0.2, -0.15) is 0 Å². The molecule has 2 aromatic rings. The number of hydrogen-bond donors (Lipinski definition) is 0. The molecule has 0 N–H and O–H groups in total. The topological polar surface area (TPSA) is 32.3 Å². The van der Waals surface area contributed by atoms with Crippen molar-refractivity contribution >= 4 is 11.5 Å². The predicted octanol–water partition coefficient (Wildman–Crippen LogP) is 2.92. The van der Waals surface area contributed by atoms with Crippen LogP contribution in [-0.4, -0.2) is 37.2 Å². The second kappa shape index (κ2) is 7.07. The highest BCUT2D eigenvalue weighted by molar-refractivity contribution is 5.46. The lowest BCUT2D eigenvalue weighted by Gasteiger charge is -2.24. The number of aryl methyl sites for hydroxylation is 2. The molecular weight excluding hydrogens is 260 g/mol. The summed E-state index contributed by atoms with van der Waals surface area (Å²) in [6.07, 6.45) is 0.939. The summed E-state index contributed by atoms with van der Waals surface area (Å²) in [5, 5.41) is 0. The van der Waals surface area contributed by atoms with Gasteiger partial charge in [-0.15, -0.1) is 0 Å². The first-order chi connectivity index (χ1) is 10.1. The van der Waals surface area contributed by atoms with Crippen LogP contribution in [-0.2, 0) is 6.42 Å². The van der Waals surface area contributed by atoms with Gasteiger partial charge in [0.1, 0.15) is 11.6 Å². The zero-order valence-corrected chi connectivity index (χ0v) is 13.4. The Morgan fingerprint density at radius 3 is 2.29 bits per heavy atom. The summed E-state index contributed by atoms with van der Waals surface area (Å²) in [6.45, 7) is 5.94. The van der Waals surface area contributed by atoms with E-state index in [-0.39, 0.29) is 0 Å². The summed E-state index contributed by atoms with van der Waals surface area (Å²) in [5.74, 6) is 1.84. The fourth-order valence-electron chi connectivity index (χ4n) is 2.21. The van der Waals surface area contributed by atoms with Gasteiger partial charge in [0.2, 0.25) is 0 Å². The van der Waals surface area contributed by atoms with Gasteiger partial charge in [0.05, 0.1) is 0 Å². The van der Waals surface area contributed by atoms with Crippen molar-refractivity contribution in [2.45, 2.75) is 20.3 Å². The van der Waals surface area contributed by atoms with Crippen LogP contribution in [0.4, 0.5) is 11.5 Å². The van der Waals surface area contributed by atoms with Crippen molar-refractivity contribution in [2.75, 3.05) is 37.0 Å². The highest BCUT2D eigenvalue weighted by Crippen LogP contribution is 2.13. The number of anilines is 2. The van der Waals surface area contributed by atoms with Gasteiger partial charge >= 0.3 is 0 Å². The molecule has 0 aliphatic heterocycles. The third kappa shape index (κ3) is 4.18. The molecular formula is C17H24N4. The largest absolute Gasteiger partial charge is 0.373 e. The number of likely N-dealkylation sites (N-methyl/N-ethyl adjacent to an activating group) is 2. The van der Waals surface area contributed by atoms with Gasteiger partial charge in [0, 0.05) is 44.6 Å². The van der Waals surface area contributed by atoms with Crippen LogP contribution in [0.15, 0.2) is 36.4 Å². The molecule has 0 saturated carbocycles. The molecule has 1 heterocycles. The maximum absolute atomic E-state index is 4.53. The summed E-state index contributed by atoms with van der Waals surface area (Å²) in [7, 11) is 4.20. The molecule has 4 nitrogen and oxygen atoms in total. The predicted molar refractivity (Wildman–Crippen MR) is 89.1 cm³/mol. The summed E-state index contributed by atoms with van der Waals surface area (Å²) < 4.78 is 0. The standard InChI is InChI=1S/C17H24N4/c1-5-15-13-17(19-14(2)18-15)21(4)12-11-20(3)16-9-7-6-8-10-16/h6-10,13H,5,11-12H2,1-4H3. The minimum absolute atomic E-state index is 0.840. The molecule has 1 aromatic heterocycles. The first-order valence-corrected chi connectivity index (χ1v) is 7.42. The Balaban J connectivity index is 1.98.